The van der Waals surface area contributed by atoms with Crippen LogP contribution in [0.2, 0.25) is 0 Å². The molecule has 0 heterocycles. The van der Waals surface area contributed by atoms with Crippen molar-refractivity contribution in [3.63, 3.8) is 0 Å². The zero-order valence-electron chi connectivity index (χ0n) is 11.5. The van der Waals surface area contributed by atoms with Gasteiger partial charge in [-0.1, -0.05) is 30.3 Å². The third-order valence-electron chi connectivity index (χ3n) is 2.58. The van der Waals surface area contributed by atoms with E-state index >= 15 is 0 Å². The molecule has 116 valence electrons. The van der Waals surface area contributed by atoms with Gasteiger partial charge < -0.3 is 9.64 Å². The average Bonchev–Trinajstić information content (AvgIpc) is 2.37. The van der Waals surface area contributed by atoms with Gasteiger partial charge in [0.2, 0.25) is 5.72 Å². The van der Waals surface area contributed by atoms with Gasteiger partial charge in [0.15, 0.2) is 0 Å². The smallest absolute Gasteiger partial charge is 0.427 e. The van der Waals surface area contributed by atoms with Crippen LogP contribution in [0.3, 0.4) is 0 Å². The van der Waals surface area contributed by atoms with E-state index in [0.29, 0.717) is 5.56 Å². The first-order valence-electron chi connectivity index (χ1n) is 5.91. The quantitative estimate of drug-likeness (QED) is 0.667. The Morgan fingerprint density at radius 3 is 2.14 bits per heavy atom. The number of hydrogen-bond acceptors (Lipinski definition) is 4. The summed E-state index contributed by atoms with van der Waals surface area (Å²) in [6.07, 6.45) is -5.60. The molecule has 1 aromatic carbocycles. The summed E-state index contributed by atoms with van der Waals surface area (Å²) in [5.74, 6) is -3.44. The van der Waals surface area contributed by atoms with Gasteiger partial charge in [-0.2, -0.15) is 13.2 Å². The molecular formula is C13H15F3N2O3. The van der Waals surface area contributed by atoms with Gasteiger partial charge in [0.05, 0.1) is 0 Å². The van der Waals surface area contributed by atoms with Crippen molar-refractivity contribution in [2.24, 2.45) is 5.73 Å². The van der Waals surface area contributed by atoms with Crippen molar-refractivity contribution in [3.8, 4) is 0 Å². The van der Waals surface area contributed by atoms with Gasteiger partial charge in [0.1, 0.15) is 0 Å². The molecule has 0 unspecified atom stereocenters. The Balaban J connectivity index is 3.06. The number of esters is 1. The van der Waals surface area contributed by atoms with Crippen LogP contribution in [0, 0.1) is 0 Å². The van der Waals surface area contributed by atoms with Crippen molar-refractivity contribution >= 4 is 11.9 Å². The van der Waals surface area contributed by atoms with E-state index in [-0.39, 0.29) is 6.42 Å². The fourth-order valence-corrected chi connectivity index (χ4v) is 1.66. The number of ether oxygens (including phenoxy) is 1. The lowest BCUT2D eigenvalue weighted by molar-refractivity contribution is -0.215. The van der Waals surface area contributed by atoms with E-state index in [9.17, 15) is 22.8 Å². The van der Waals surface area contributed by atoms with Crippen molar-refractivity contribution in [1.82, 2.24) is 4.90 Å². The van der Waals surface area contributed by atoms with Gasteiger partial charge in [-0.15, -0.1) is 0 Å². The standard InChI is InChI=1S/C13H15F3N2O3/c1-18(2)10(19)12(17,21-11(20)13(14,15)16)8-9-6-4-3-5-7-9/h3-7H,8,17H2,1-2H3/t12-/m0/s1. The number of carbonyl (C=O) groups is 2. The van der Waals surface area contributed by atoms with Gasteiger partial charge in [0.25, 0.3) is 5.91 Å². The fraction of sp³-hybridized carbons (Fsp3) is 0.385. The second-order valence-electron chi connectivity index (χ2n) is 4.64. The molecule has 1 amide bonds. The number of amides is 1. The third-order valence-corrected chi connectivity index (χ3v) is 2.58. The number of nitrogens with two attached hydrogens (primary N) is 1. The molecule has 0 aliphatic heterocycles. The highest BCUT2D eigenvalue weighted by molar-refractivity contribution is 5.88. The number of benzene rings is 1. The lowest BCUT2D eigenvalue weighted by atomic mass is 10.0. The molecule has 0 aromatic heterocycles. The maximum atomic E-state index is 12.3. The summed E-state index contributed by atoms with van der Waals surface area (Å²) in [5, 5.41) is 0. The molecule has 0 radical (unpaired) electrons. The van der Waals surface area contributed by atoms with E-state index in [2.05, 4.69) is 4.74 Å². The molecule has 1 rings (SSSR count). The molecule has 0 saturated heterocycles. The normalized spacial score (nSPS) is 14.2. The van der Waals surface area contributed by atoms with Crippen molar-refractivity contribution < 1.29 is 27.5 Å². The topological polar surface area (TPSA) is 72.6 Å². The molecule has 8 heteroatoms. The summed E-state index contributed by atoms with van der Waals surface area (Å²) in [4.78, 5) is 24.0. The SMILES string of the molecule is CN(C)C(=O)[C@](N)(Cc1ccccc1)OC(=O)C(F)(F)F. The Morgan fingerprint density at radius 1 is 1.19 bits per heavy atom. The van der Waals surface area contributed by atoms with Gasteiger partial charge in [0, 0.05) is 20.5 Å². The van der Waals surface area contributed by atoms with Crippen LogP contribution in [-0.4, -0.2) is 42.8 Å². The van der Waals surface area contributed by atoms with Crippen LogP contribution >= 0.6 is 0 Å². The minimum absolute atomic E-state index is 0.368. The summed E-state index contributed by atoms with van der Waals surface area (Å²) in [6.45, 7) is 0. The summed E-state index contributed by atoms with van der Waals surface area (Å²) in [6, 6.07) is 8.07. The summed E-state index contributed by atoms with van der Waals surface area (Å²) < 4.78 is 41.2. The van der Waals surface area contributed by atoms with E-state index in [0.717, 1.165) is 4.90 Å². The zero-order chi connectivity index (χ0) is 16.3. The molecule has 0 fully saturated rings. The number of halogens is 3. The van der Waals surface area contributed by atoms with Crippen LogP contribution in [0.25, 0.3) is 0 Å². The van der Waals surface area contributed by atoms with Gasteiger partial charge >= 0.3 is 12.1 Å². The zero-order valence-corrected chi connectivity index (χ0v) is 11.5. The van der Waals surface area contributed by atoms with E-state index in [4.69, 9.17) is 5.73 Å². The molecule has 2 N–H and O–H groups in total. The number of alkyl halides is 3. The molecular weight excluding hydrogens is 289 g/mol. The van der Waals surface area contributed by atoms with E-state index in [1.54, 1.807) is 30.3 Å². The highest BCUT2D eigenvalue weighted by Gasteiger charge is 2.48. The van der Waals surface area contributed by atoms with Crippen LogP contribution in [0.4, 0.5) is 13.2 Å². The minimum atomic E-state index is -5.23. The third kappa shape index (κ3) is 4.45. The lowest BCUT2D eigenvalue weighted by Crippen LogP contribution is -2.59. The van der Waals surface area contributed by atoms with E-state index in [1.165, 1.54) is 14.1 Å². The first-order chi connectivity index (χ1) is 9.56. The number of carbonyl (C=O) groups excluding carboxylic acids is 2. The van der Waals surface area contributed by atoms with Crippen LogP contribution in [0.5, 0.6) is 0 Å². The van der Waals surface area contributed by atoms with Crippen molar-refractivity contribution in [2.45, 2.75) is 18.3 Å². The Kier molecular flexibility index (Phi) is 4.95. The fourth-order valence-electron chi connectivity index (χ4n) is 1.66. The molecule has 0 aliphatic carbocycles. The minimum Gasteiger partial charge on any atom is -0.427 e. The predicted molar refractivity (Wildman–Crippen MR) is 67.9 cm³/mol. The number of rotatable bonds is 4. The van der Waals surface area contributed by atoms with Gasteiger partial charge in [-0.25, -0.2) is 4.79 Å². The van der Waals surface area contributed by atoms with E-state index in [1.807, 2.05) is 0 Å². The van der Waals surface area contributed by atoms with Crippen LogP contribution in [0.15, 0.2) is 30.3 Å². The lowest BCUT2D eigenvalue weighted by Gasteiger charge is -2.30. The molecule has 0 spiro atoms. The molecule has 1 aromatic rings. The van der Waals surface area contributed by atoms with Crippen molar-refractivity contribution in [3.05, 3.63) is 35.9 Å². The second-order valence-corrected chi connectivity index (χ2v) is 4.64. The molecule has 0 aliphatic rings. The summed E-state index contributed by atoms with van der Waals surface area (Å²) >= 11 is 0. The first kappa shape index (κ1) is 17.0. The molecule has 0 bridgehead atoms. The Labute approximate surface area is 119 Å². The Hall–Kier alpha value is -2.09. The average molecular weight is 304 g/mol. The van der Waals surface area contributed by atoms with E-state index < -0.39 is 23.8 Å². The molecule has 1 atom stereocenters. The predicted octanol–water partition coefficient (Wildman–Crippen LogP) is 1.08. The molecule has 5 nitrogen and oxygen atoms in total. The number of likely N-dealkylation sites (N-methyl/N-ethyl adjacent to an activating group) is 1. The highest BCUT2D eigenvalue weighted by atomic mass is 19.4. The number of nitrogens with zero attached hydrogens (tertiary/aromatic N) is 1. The summed E-state index contributed by atoms with van der Waals surface area (Å²) in [5.41, 5.74) is 3.68. The maximum absolute atomic E-state index is 12.3. The van der Waals surface area contributed by atoms with Crippen molar-refractivity contribution in [1.29, 1.82) is 0 Å². The molecule has 0 saturated carbocycles. The van der Waals surface area contributed by atoms with Gasteiger partial charge in [-0.3, -0.25) is 10.5 Å². The van der Waals surface area contributed by atoms with Crippen molar-refractivity contribution in [2.75, 3.05) is 14.1 Å². The van der Waals surface area contributed by atoms with Crippen LogP contribution < -0.4 is 5.73 Å². The first-order valence-corrected chi connectivity index (χ1v) is 5.91. The monoisotopic (exact) mass is 304 g/mol. The van der Waals surface area contributed by atoms with Gasteiger partial charge in [-0.05, 0) is 5.56 Å². The second kappa shape index (κ2) is 6.13. The number of hydrogen-bond donors (Lipinski definition) is 1. The largest absolute Gasteiger partial charge is 0.491 e. The Bertz CT molecular complexity index is 517. The molecule has 21 heavy (non-hydrogen) atoms. The summed E-state index contributed by atoms with van der Waals surface area (Å²) in [7, 11) is 2.60. The van der Waals surface area contributed by atoms with Crippen LogP contribution in [-0.2, 0) is 20.7 Å². The van der Waals surface area contributed by atoms with Crippen LogP contribution in [0.1, 0.15) is 5.56 Å². The highest BCUT2D eigenvalue weighted by Crippen LogP contribution is 2.22. The Morgan fingerprint density at radius 2 is 1.71 bits per heavy atom. The maximum Gasteiger partial charge on any atom is 0.491 e.